The third kappa shape index (κ3) is 7.00. The van der Waals surface area contributed by atoms with E-state index in [-0.39, 0.29) is 0 Å². The molecule has 4 nitrogen and oxygen atoms in total. The van der Waals surface area contributed by atoms with Gasteiger partial charge in [-0.2, -0.15) is 0 Å². The van der Waals surface area contributed by atoms with Crippen molar-refractivity contribution < 1.29 is 0 Å². The number of benzene rings is 1. The number of nitrogens with one attached hydrogen (secondary N) is 1. The molecule has 2 atom stereocenters. The van der Waals surface area contributed by atoms with Gasteiger partial charge in [-0.3, -0.25) is 9.98 Å². The standard InChI is InChI=1S/C23H35N4P/c1-17-9-6-7-11-21(17)22(26-19(3)23(28)15-24-4)13-18(2)25-14-20-10-8-12-27(5)16-20/h6-7,9,11,13,15,20,25H,8,10,12,14,16,28H2,1-5H3/b18-13+,23-19-,24-15?,26-22+. The van der Waals surface area contributed by atoms with Gasteiger partial charge in [0.25, 0.3) is 0 Å². The first-order chi connectivity index (χ1) is 13.4. The zero-order valence-corrected chi connectivity index (χ0v) is 19.2. The Hall–Kier alpha value is -1.77. The highest BCUT2D eigenvalue weighted by Crippen LogP contribution is 2.17. The van der Waals surface area contributed by atoms with Crippen LogP contribution in [0.3, 0.4) is 0 Å². The Morgan fingerprint density at radius 1 is 1.32 bits per heavy atom. The maximum absolute atomic E-state index is 4.93. The lowest BCUT2D eigenvalue weighted by Crippen LogP contribution is -2.37. The summed E-state index contributed by atoms with van der Waals surface area (Å²) in [5, 5.41) is 4.62. The second kappa shape index (κ2) is 11.3. The molecule has 0 spiro atoms. The zero-order valence-electron chi connectivity index (χ0n) is 18.0. The molecular weight excluding hydrogens is 363 g/mol. The van der Waals surface area contributed by atoms with Crippen LogP contribution in [0.1, 0.15) is 37.8 Å². The van der Waals surface area contributed by atoms with Crippen LogP contribution in [-0.2, 0) is 0 Å². The van der Waals surface area contributed by atoms with Crippen molar-refractivity contribution in [2.24, 2.45) is 15.9 Å². The minimum atomic E-state index is 0.710. The Bertz CT molecular complexity index is 777. The SMILES string of the molecule is CN=C/C(P)=C(C)/N=C(\C=C(/C)NCC1CCCN(C)C1)c1ccccc1C. The first-order valence-corrected chi connectivity index (χ1v) is 10.6. The second-order valence-corrected chi connectivity index (χ2v) is 8.34. The topological polar surface area (TPSA) is 40.0 Å². The summed E-state index contributed by atoms with van der Waals surface area (Å²) in [7, 11) is 6.71. The summed E-state index contributed by atoms with van der Waals surface area (Å²) >= 11 is 0. The number of aryl methyl sites for hydroxylation is 1. The van der Waals surface area contributed by atoms with E-state index in [0.717, 1.165) is 34.5 Å². The van der Waals surface area contributed by atoms with Gasteiger partial charge in [0.1, 0.15) is 0 Å². The average molecular weight is 399 g/mol. The number of likely N-dealkylation sites (tertiary alicyclic amines) is 1. The molecule has 0 saturated carbocycles. The lowest BCUT2D eigenvalue weighted by Gasteiger charge is -2.30. The molecule has 1 N–H and O–H groups in total. The lowest BCUT2D eigenvalue weighted by atomic mass is 9.98. The van der Waals surface area contributed by atoms with E-state index in [2.05, 4.69) is 75.7 Å². The molecule has 1 aliphatic heterocycles. The normalized spacial score (nSPS) is 20.4. The van der Waals surface area contributed by atoms with E-state index in [1.807, 2.05) is 13.1 Å². The molecule has 1 aromatic carbocycles. The fourth-order valence-electron chi connectivity index (χ4n) is 3.51. The summed E-state index contributed by atoms with van der Waals surface area (Å²) < 4.78 is 0. The number of hydrogen-bond acceptors (Lipinski definition) is 4. The van der Waals surface area contributed by atoms with Crippen molar-refractivity contribution in [3.05, 3.63) is 58.2 Å². The van der Waals surface area contributed by atoms with E-state index in [4.69, 9.17) is 4.99 Å². The molecule has 0 bridgehead atoms. The molecule has 0 radical (unpaired) electrons. The molecule has 1 fully saturated rings. The van der Waals surface area contributed by atoms with Crippen molar-refractivity contribution in [1.29, 1.82) is 0 Å². The van der Waals surface area contributed by atoms with Gasteiger partial charge in [0.15, 0.2) is 0 Å². The molecule has 1 heterocycles. The third-order valence-corrected chi connectivity index (χ3v) is 5.71. The maximum atomic E-state index is 4.93. The molecule has 2 unspecified atom stereocenters. The Kier molecular flexibility index (Phi) is 9.08. The van der Waals surface area contributed by atoms with Crippen LogP contribution in [0.5, 0.6) is 0 Å². The van der Waals surface area contributed by atoms with Crippen LogP contribution in [0.15, 0.2) is 57.0 Å². The van der Waals surface area contributed by atoms with E-state index in [1.54, 1.807) is 7.05 Å². The van der Waals surface area contributed by atoms with Crippen molar-refractivity contribution in [3.8, 4) is 0 Å². The van der Waals surface area contributed by atoms with Crippen LogP contribution in [0.25, 0.3) is 0 Å². The highest BCUT2D eigenvalue weighted by Gasteiger charge is 2.16. The number of piperidine rings is 1. The number of nitrogens with zero attached hydrogens (tertiary/aromatic N) is 3. The van der Waals surface area contributed by atoms with Crippen LogP contribution in [0.2, 0.25) is 0 Å². The van der Waals surface area contributed by atoms with Gasteiger partial charge in [-0.25, -0.2) is 0 Å². The van der Waals surface area contributed by atoms with Crippen LogP contribution in [0.4, 0.5) is 0 Å². The molecule has 1 aliphatic rings. The number of rotatable bonds is 7. The number of aliphatic imine (C=N–C) groups is 2. The van der Waals surface area contributed by atoms with E-state index < -0.39 is 0 Å². The van der Waals surface area contributed by atoms with Crippen molar-refractivity contribution >= 4 is 21.2 Å². The fraction of sp³-hybridized carbons (Fsp3) is 0.478. The second-order valence-electron chi connectivity index (χ2n) is 7.72. The molecule has 1 aromatic rings. The van der Waals surface area contributed by atoms with Crippen LogP contribution in [-0.4, -0.2) is 50.6 Å². The van der Waals surface area contributed by atoms with E-state index in [0.29, 0.717) is 5.92 Å². The molecule has 0 amide bonds. The average Bonchev–Trinajstić information content (AvgIpc) is 2.66. The van der Waals surface area contributed by atoms with Crippen LogP contribution in [0, 0.1) is 12.8 Å². The smallest absolute Gasteiger partial charge is 0.0725 e. The van der Waals surface area contributed by atoms with E-state index >= 15 is 0 Å². The number of hydrogen-bond donors (Lipinski definition) is 1. The van der Waals surface area contributed by atoms with Crippen molar-refractivity contribution in [2.45, 2.75) is 33.6 Å². The van der Waals surface area contributed by atoms with Gasteiger partial charge in [-0.1, -0.05) is 24.3 Å². The Morgan fingerprint density at radius 2 is 2.07 bits per heavy atom. The summed E-state index contributed by atoms with van der Waals surface area (Å²) in [5.74, 6) is 0.710. The van der Waals surface area contributed by atoms with Crippen LogP contribution >= 0.6 is 9.24 Å². The molecule has 28 heavy (non-hydrogen) atoms. The first kappa shape index (κ1) is 22.5. The van der Waals surface area contributed by atoms with Gasteiger partial charge in [0.2, 0.25) is 0 Å². The van der Waals surface area contributed by atoms with E-state index in [9.17, 15) is 0 Å². The summed E-state index contributed by atoms with van der Waals surface area (Å²) in [5.41, 5.74) is 5.46. The lowest BCUT2D eigenvalue weighted by molar-refractivity contribution is 0.209. The van der Waals surface area contributed by atoms with E-state index in [1.165, 1.54) is 31.5 Å². The van der Waals surface area contributed by atoms with Gasteiger partial charge in [-0.15, -0.1) is 9.24 Å². The van der Waals surface area contributed by atoms with Gasteiger partial charge in [-0.05, 0) is 64.8 Å². The van der Waals surface area contributed by atoms with Crippen molar-refractivity contribution in [2.75, 3.05) is 33.7 Å². The molecule has 1 saturated heterocycles. The third-order valence-electron chi connectivity index (χ3n) is 5.14. The van der Waals surface area contributed by atoms with Crippen molar-refractivity contribution in [1.82, 2.24) is 10.2 Å². The quantitative estimate of drug-likeness (QED) is 0.545. The Morgan fingerprint density at radius 3 is 2.75 bits per heavy atom. The first-order valence-electron chi connectivity index (χ1n) is 10.0. The van der Waals surface area contributed by atoms with Gasteiger partial charge in [0, 0.05) is 48.6 Å². The number of allylic oxidation sites excluding steroid dienone is 4. The van der Waals surface area contributed by atoms with Gasteiger partial charge in [0.05, 0.1) is 5.71 Å². The predicted octanol–water partition coefficient (Wildman–Crippen LogP) is 4.43. The molecule has 2 rings (SSSR count). The molecule has 0 aliphatic carbocycles. The van der Waals surface area contributed by atoms with Crippen LogP contribution < -0.4 is 5.32 Å². The summed E-state index contributed by atoms with van der Waals surface area (Å²) in [6.45, 7) is 9.70. The van der Waals surface area contributed by atoms with Gasteiger partial charge < -0.3 is 10.2 Å². The van der Waals surface area contributed by atoms with Gasteiger partial charge >= 0.3 is 0 Å². The molecule has 0 aromatic heterocycles. The monoisotopic (exact) mass is 398 g/mol. The summed E-state index contributed by atoms with van der Waals surface area (Å²) in [6.07, 6.45) is 6.59. The Labute approximate surface area is 173 Å². The fourth-order valence-corrected chi connectivity index (χ4v) is 3.72. The summed E-state index contributed by atoms with van der Waals surface area (Å²) in [6, 6.07) is 8.41. The molecular formula is C23H35N4P. The largest absolute Gasteiger partial charge is 0.388 e. The highest BCUT2D eigenvalue weighted by atomic mass is 31.0. The minimum Gasteiger partial charge on any atom is -0.388 e. The maximum Gasteiger partial charge on any atom is 0.0725 e. The Balaban J connectivity index is 2.24. The summed E-state index contributed by atoms with van der Waals surface area (Å²) in [4.78, 5) is 11.5. The predicted molar refractivity (Wildman–Crippen MR) is 127 cm³/mol. The highest BCUT2D eigenvalue weighted by molar-refractivity contribution is 7.24. The molecule has 5 heteroatoms. The minimum absolute atomic E-state index is 0.710. The van der Waals surface area contributed by atoms with Crippen molar-refractivity contribution in [3.63, 3.8) is 0 Å². The molecule has 152 valence electrons. The zero-order chi connectivity index (χ0) is 20.5.